The summed E-state index contributed by atoms with van der Waals surface area (Å²) >= 11 is 0. The molecular formula is C17H18O3. The quantitative estimate of drug-likeness (QED) is 0.857. The van der Waals surface area contributed by atoms with E-state index in [2.05, 4.69) is 0 Å². The molecule has 0 amide bonds. The van der Waals surface area contributed by atoms with Crippen LogP contribution in [0.4, 0.5) is 0 Å². The van der Waals surface area contributed by atoms with Gasteiger partial charge in [-0.2, -0.15) is 0 Å². The van der Waals surface area contributed by atoms with Crippen LogP contribution in [0.1, 0.15) is 16.7 Å². The van der Waals surface area contributed by atoms with Crippen molar-refractivity contribution in [3.8, 4) is 17.2 Å². The zero-order valence-electron chi connectivity index (χ0n) is 11.9. The van der Waals surface area contributed by atoms with E-state index in [9.17, 15) is 5.11 Å². The normalized spacial score (nSPS) is 10.8. The molecule has 0 aliphatic carbocycles. The zero-order valence-corrected chi connectivity index (χ0v) is 11.9. The van der Waals surface area contributed by atoms with E-state index in [0.717, 1.165) is 28.2 Å². The number of phenols is 1. The third-order valence-corrected chi connectivity index (χ3v) is 3.18. The van der Waals surface area contributed by atoms with Gasteiger partial charge in [-0.25, -0.2) is 0 Å². The second-order valence-electron chi connectivity index (χ2n) is 4.47. The maximum atomic E-state index is 9.27. The van der Waals surface area contributed by atoms with Crippen molar-refractivity contribution in [3.05, 3.63) is 53.1 Å². The highest BCUT2D eigenvalue weighted by Crippen LogP contribution is 2.29. The third kappa shape index (κ3) is 3.12. The van der Waals surface area contributed by atoms with Crippen molar-refractivity contribution in [2.24, 2.45) is 0 Å². The monoisotopic (exact) mass is 270 g/mol. The number of methoxy groups -OCH3 is 2. The summed E-state index contributed by atoms with van der Waals surface area (Å²) in [6, 6.07) is 10.9. The maximum Gasteiger partial charge on any atom is 0.126 e. The van der Waals surface area contributed by atoms with Crippen molar-refractivity contribution in [1.29, 1.82) is 0 Å². The van der Waals surface area contributed by atoms with Crippen molar-refractivity contribution in [3.63, 3.8) is 0 Å². The van der Waals surface area contributed by atoms with Crippen LogP contribution in [0.25, 0.3) is 12.2 Å². The van der Waals surface area contributed by atoms with Crippen LogP contribution in [0.2, 0.25) is 0 Å². The van der Waals surface area contributed by atoms with Crippen molar-refractivity contribution < 1.29 is 14.6 Å². The van der Waals surface area contributed by atoms with Gasteiger partial charge < -0.3 is 14.6 Å². The molecule has 0 fully saturated rings. The summed E-state index contributed by atoms with van der Waals surface area (Å²) in [5.41, 5.74) is 3.11. The van der Waals surface area contributed by atoms with E-state index in [1.54, 1.807) is 26.4 Å². The topological polar surface area (TPSA) is 38.7 Å². The number of aromatic hydroxyl groups is 1. The largest absolute Gasteiger partial charge is 0.508 e. The molecule has 0 radical (unpaired) electrons. The van der Waals surface area contributed by atoms with Gasteiger partial charge in [-0.3, -0.25) is 0 Å². The van der Waals surface area contributed by atoms with Gasteiger partial charge in [0.2, 0.25) is 0 Å². The first kappa shape index (κ1) is 14.0. The molecule has 1 N–H and O–H groups in total. The van der Waals surface area contributed by atoms with E-state index in [1.165, 1.54) is 0 Å². The molecule has 0 aliphatic heterocycles. The van der Waals surface area contributed by atoms with Crippen molar-refractivity contribution in [2.45, 2.75) is 6.92 Å². The molecule has 2 aromatic carbocycles. The summed E-state index contributed by atoms with van der Waals surface area (Å²) < 4.78 is 10.6. The lowest BCUT2D eigenvalue weighted by Crippen LogP contribution is -1.92. The van der Waals surface area contributed by atoms with Crippen molar-refractivity contribution >= 4 is 12.2 Å². The van der Waals surface area contributed by atoms with E-state index in [-0.39, 0.29) is 5.75 Å². The molecular weight excluding hydrogens is 252 g/mol. The number of benzene rings is 2. The number of hydrogen-bond donors (Lipinski definition) is 1. The second kappa shape index (κ2) is 6.15. The molecule has 0 saturated carbocycles. The second-order valence-corrected chi connectivity index (χ2v) is 4.47. The number of rotatable bonds is 4. The van der Waals surface area contributed by atoms with Gasteiger partial charge in [-0.15, -0.1) is 0 Å². The van der Waals surface area contributed by atoms with Crippen LogP contribution in [0.5, 0.6) is 17.2 Å². The Morgan fingerprint density at radius 1 is 0.950 bits per heavy atom. The molecule has 104 valence electrons. The summed E-state index contributed by atoms with van der Waals surface area (Å²) in [6.45, 7) is 2.01. The highest BCUT2D eigenvalue weighted by Gasteiger charge is 2.06. The number of hydrogen-bond acceptors (Lipinski definition) is 3. The SMILES string of the molecule is COc1cc(/C=C/c2ccc(O)cc2)c(C)c(OC)c1. The fraction of sp³-hybridized carbons (Fsp3) is 0.176. The minimum atomic E-state index is 0.265. The molecule has 2 rings (SSSR count). The molecule has 0 heterocycles. The van der Waals surface area contributed by atoms with Gasteiger partial charge in [0.25, 0.3) is 0 Å². The zero-order chi connectivity index (χ0) is 14.5. The highest BCUT2D eigenvalue weighted by atomic mass is 16.5. The summed E-state index contributed by atoms with van der Waals surface area (Å²) in [6.07, 6.45) is 3.99. The minimum absolute atomic E-state index is 0.265. The Labute approximate surface area is 119 Å². The first-order valence-corrected chi connectivity index (χ1v) is 6.34. The first-order valence-electron chi connectivity index (χ1n) is 6.34. The minimum Gasteiger partial charge on any atom is -0.508 e. The van der Waals surface area contributed by atoms with Crippen LogP contribution in [-0.4, -0.2) is 19.3 Å². The van der Waals surface area contributed by atoms with Gasteiger partial charge in [0.05, 0.1) is 14.2 Å². The number of phenolic OH excluding ortho intramolecular Hbond substituents is 1. The smallest absolute Gasteiger partial charge is 0.126 e. The summed E-state index contributed by atoms with van der Waals surface area (Å²) in [5.74, 6) is 1.83. The Morgan fingerprint density at radius 3 is 2.25 bits per heavy atom. The Balaban J connectivity index is 2.34. The molecule has 0 aliphatic rings. The molecule has 0 aromatic heterocycles. The Hall–Kier alpha value is -2.42. The predicted molar refractivity (Wildman–Crippen MR) is 81.3 cm³/mol. The van der Waals surface area contributed by atoms with Crippen LogP contribution >= 0.6 is 0 Å². The van der Waals surface area contributed by atoms with Gasteiger partial charge in [0.15, 0.2) is 0 Å². The number of ether oxygens (including phenoxy) is 2. The van der Waals surface area contributed by atoms with E-state index in [0.29, 0.717) is 0 Å². The average Bonchev–Trinajstić information content (AvgIpc) is 2.48. The average molecular weight is 270 g/mol. The Bertz CT molecular complexity index is 613. The molecule has 20 heavy (non-hydrogen) atoms. The van der Waals surface area contributed by atoms with Crippen LogP contribution in [-0.2, 0) is 0 Å². The Kier molecular flexibility index (Phi) is 4.31. The van der Waals surface area contributed by atoms with Gasteiger partial charge in [0.1, 0.15) is 17.2 Å². The van der Waals surface area contributed by atoms with Crippen molar-refractivity contribution in [1.82, 2.24) is 0 Å². The summed E-state index contributed by atoms with van der Waals surface area (Å²) in [5, 5.41) is 9.27. The highest BCUT2D eigenvalue weighted by molar-refractivity contribution is 5.73. The van der Waals surface area contributed by atoms with E-state index < -0.39 is 0 Å². The van der Waals surface area contributed by atoms with E-state index in [4.69, 9.17) is 9.47 Å². The van der Waals surface area contributed by atoms with Crippen LogP contribution < -0.4 is 9.47 Å². The van der Waals surface area contributed by atoms with Gasteiger partial charge >= 0.3 is 0 Å². The van der Waals surface area contributed by atoms with Crippen LogP contribution in [0, 0.1) is 6.92 Å². The van der Waals surface area contributed by atoms with Gasteiger partial charge in [-0.05, 0) is 41.8 Å². The van der Waals surface area contributed by atoms with E-state index in [1.807, 2.05) is 43.3 Å². The molecule has 0 spiro atoms. The molecule has 0 bridgehead atoms. The molecule has 3 heteroatoms. The van der Waals surface area contributed by atoms with Gasteiger partial charge in [0, 0.05) is 6.07 Å². The van der Waals surface area contributed by atoms with Gasteiger partial charge in [-0.1, -0.05) is 24.3 Å². The fourth-order valence-corrected chi connectivity index (χ4v) is 1.96. The summed E-state index contributed by atoms with van der Waals surface area (Å²) in [7, 11) is 3.28. The van der Waals surface area contributed by atoms with Crippen LogP contribution in [0.15, 0.2) is 36.4 Å². The third-order valence-electron chi connectivity index (χ3n) is 3.18. The lowest BCUT2D eigenvalue weighted by molar-refractivity contribution is 0.392. The molecule has 2 aromatic rings. The molecule has 0 atom stereocenters. The Morgan fingerprint density at radius 2 is 1.65 bits per heavy atom. The lowest BCUT2D eigenvalue weighted by Gasteiger charge is -2.10. The lowest BCUT2D eigenvalue weighted by atomic mass is 10.1. The first-order chi connectivity index (χ1) is 9.63. The summed E-state index contributed by atoms with van der Waals surface area (Å²) in [4.78, 5) is 0. The maximum absolute atomic E-state index is 9.27. The predicted octanol–water partition coefficient (Wildman–Crippen LogP) is 3.89. The van der Waals surface area contributed by atoms with E-state index >= 15 is 0 Å². The fourth-order valence-electron chi connectivity index (χ4n) is 1.96. The van der Waals surface area contributed by atoms with Crippen molar-refractivity contribution in [2.75, 3.05) is 14.2 Å². The van der Waals surface area contributed by atoms with Crippen LogP contribution in [0.3, 0.4) is 0 Å². The molecule has 3 nitrogen and oxygen atoms in total. The standard InChI is InChI=1S/C17H18O3/c1-12-14(10-16(19-2)11-17(12)20-3)7-4-13-5-8-15(18)9-6-13/h4-11,18H,1-3H3/b7-4+. The molecule has 0 saturated heterocycles. The molecule has 0 unspecified atom stereocenters.